The molecule has 0 radical (unpaired) electrons. The van der Waals surface area contributed by atoms with Crippen molar-refractivity contribution in [2.75, 3.05) is 0 Å². The molecule has 58 heavy (non-hydrogen) atoms. The summed E-state index contributed by atoms with van der Waals surface area (Å²) < 4.78 is 130. The van der Waals surface area contributed by atoms with Gasteiger partial charge in [-0.3, -0.25) is 0 Å². The number of fused-ring (bicyclic) bond motifs is 4. The van der Waals surface area contributed by atoms with Gasteiger partial charge in [-0.05, 0) is 0 Å². The van der Waals surface area contributed by atoms with E-state index in [-0.39, 0.29) is 0 Å². The molecule has 9 aliphatic rings. The molecule has 0 aromatic rings. The van der Waals surface area contributed by atoms with Gasteiger partial charge in [-0.15, -0.1) is 0 Å². The topological polar surface area (TPSA) is 324 Å². The monoisotopic (exact) mass is 1110 g/mol. The van der Waals surface area contributed by atoms with Crippen molar-refractivity contribution < 1.29 is 119 Å². The van der Waals surface area contributed by atoms with Crippen molar-refractivity contribution in [3.05, 3.63) is 0 Å². The van der Waals surface area contributed by atoms with E-state index in [9.17, 15) is 28.8 Å². The predicted octanol–water partition coefficient (Wildman–Crippen LogP) is -2.77. The first-order chi connectivity index (χ1) is 25.6. The van der Waals surface area contributed by atoms with Crippen molar-refractivity contribution in [3.63, 3.8) is 0 Å². The van der Waals surface area contributed by atoms with Crippen LogP contribution in [0.15, 0.2) is 0 Å². The van der Waals surface area contributed by atoms with Crippen LogP contribution in [0.25, 0.3) is 0 Å². The van der Waals surface area contributed by atoms with Gasteiger partial charge >= 0.3 is 141 Å². The van der Waals surface area contributed by atoms with Crippen LogP contribution >= 0.6 is 0 Å². The Morgan fingerprint density at radius 1 is 0.172 bits per heavy atom. The molecule has 28 nitrogen and oxygen atoms in total. The number of hydrogen-bond acceptors (Lipinski definition) is 28. The Hall–Kier alpha value is 2.35. The van der Waals surface area contributed by atoms with Crippen LogP contribution in [0.4, 0.5) is 0 Å². The Morgan fingerprint density at radius 3 is 0.431 bits per heavy atom. The highest BCUT2D eigenvalue weighted by Crippen LogP contribution is 2.47. The van der Waals surface area contributed by atoms with E-state index in [4.69, 9.17) is 90.5 Å². The van der Waals surface area contributed by atoms with Crippen molar-refractivity contribution >= 4 is 141 Å². The summed E-state index contributed by atoms with van der Waals surface area (Å²) in [4.78, 5) is 64.8. The normalized spacial score (nSPS) is 63.1. The lowest BCUT2D eigenvalue weighted by molar-refractivity contribution is -0.0560. The lowest BCUT2D eigenvalue weighted by Gasteiger charge is -2.58. The van der Waals surface area contributed by atoms with Gasteiger partial charge in [0.2, 0.25) is 0 Å². The molecule has 6 N–H and O–H groups in total. The van der Waals surface area contributed by atoms with Crippen molar-refractivity contribution in [2.45, 2.75) is 91.7 Å². The minimum absolute atomic E-state index is 1.29. The molecule has 0 saturated carbocycles. The Labute approximate surface area is 350 Å². The van der Waals surface area contributed by atoms with Gasteiger partial charge in [0.15, 0.2) is 0 Å². The molecular weight excluding hydrogens is 1070 g/mol. The molecule has 9 fully saturated rings. The number of hydrogen-bond donors (Lipinski definition) is 6. The molecule has 9 saturated heterocycles. The van der Waals surface area contributed by atoms with Crippen molar-refractivity contribution in [3.8, 4) is 0 Å². The van der Waals surface area contributed by atoms with Crippen LogP contribution in [0, 0.1) is 0 Å². The van der Waals surface area contributed by atoms with Crippen LogP contribution in [-0.2, 0) is 90.5 Å². The summed E-state index contributed by atoms with van der Waals surface area (Å²) in [5, 5.41) is 0. The third-order valence-corrected chi connectivity index (χ3v) is 70.7. The zero-order chi connectivity index (χ0) is 43.6. The lowest BCUT2D eigenvalue weighted by Crippen LogP contribution is -2.86. The summed E-state index contributed by atoms with van der Waals surface area (Å²) in [5.41, 5.74) is 0. The second-order valence-corrected chi connectivity index (χ2v) is 60.0. The van der Waals surface area contributed by atoms with E-state index in [0.717, 1.165) is 0 Å². The summed E-state index contributed by atoms with van der Waals surface area (Å²) in [6.07, 6.45) is 0. The summed E-state index contributed by atoms with van der Waals surface area (Å²) in [7, 11) is -62.7. The molecule has 4 atom stereocenters. The Bertz CT molecular complexity index is 1320. The maximum Gasteiger partial charge on any atom is 0.654 e. The first kappa shape index (κ1) is 48.3. The highest BCUT2D eigenvalue weighted by Gasteiger charge is 2.81. The second kappa shape index (κ2) is 14.0. The van der Waals surface area contributed by atoms with Gasteiger partial charge in [-0.2, -0.15) is 0 Å². The quantitative estimate of drug-likeness (QED) is 0.134. The molecule has 0 aromatic heterocycles. The largest absolute Gasteiger partial charge is 0.654 e. The van der Waals surface area contributed by atoms with Crippen LogP contribution in [0.5, 0.6) is 0 Å². The first-order valence-corrected chi connectivity index (χ1v) is 52.0. The third kappa shape index (κ3) is 10.6. The minimum atomic E-state index is -4.46. The highest BCUT2D eigenvalue weighted by atomic mass is 28.6. The SMILES string of the molecule is C[Si]1(O)O[Si](C)(O)O[Si]2(C)O[Si](C)(O1)O[Si]1(C)O[Si](C)(O)O[Si](C)(O)O[Si](C)(O1)O2.C[Si]12O[Si]3(C)O[Si]4(C)O[Si]5(C)O[Si](C)(O[Si](C)(O1)O[Si](O)(O3)O5)O[Si](O)(O2)O4. The smallest absolute Gasteiger partial charge is 0.391 e. The van der Waals surface area contributed by atoms with Gasteiger partial charge in [-0.1, -0.05) is 0 Å². The van der Waals surface area contributed by atoms with E-state index in [1.807, 2.05) is 0 Å². The molecule has 9 rings (SSSR count). The van der Waals surface area contributed by atoms with Crippen molar-refractivity contribution in [1.82, 2.24) is 0 Å². The fraction of sp³-hybridized carbons (Fsp3) is 1.00. The van der Waals surface area contributed by atoms with E-state index in [2.05, 4.69) is 0 Å². The molecule has 0 aliphatic carbocycles. The zero-order valence-electron chi connectivity index (χ0n) is 33.7. The van der Waals surface area contributed by atoms with E-state index < -0.39 is 141 Å². The third-order valence-electron chi connectivity index (χ3n) is 7.85. The molecule has 0 aromatic carbocycles. The van der Waals surface area contributed by atoms with Crippen LogP contribution in [0.3, 0.4) is 0 Å². The Kier molecular flexibility index (Phi) is 11.6. The second-order valence-electron chi connectivity index (χ2n) is 15.5. The highest BCUT2D eigenvalue weighted by molar-refractivity contribution is 7.01. The van der Waals surface area contributed by atoms with Crippen molar-refractivity contribution in [1.29, 1.82) is 0 Å². The van der Waals surface area contributed by atoms with Crippen LogP contribution < -0.4 is 0 Å². The Balaban J connectivity index is 0.000000177. The van der Waals surface area contributed by atoms with Gasteiger partial charge in [-0.25, -0.2) is 0 Å². The van der Waals surface area contributed by atoms with Crippen LogP contribution in [0.2, 0.25) is 91.7 Å². The maximum absolute atomic E-state index is 11.2. The molecule has 9 aliphatic heterocycles. The van der Waals surface area contributed by atoms with Gasteiger partial charge in [0.1, 0.15) is 0 Å². The molecule has 336 valence electrons. The number of rotatable bonds is 0. The fourth-order valence-corrected chi connectivity index (χ4v) is 84.2. The summed E-state index contributed by atoms with van der Waals surface area (Å²) in [6, 6.07) is 0. The molecule has 0 spiro atoms. The minimum Gasteiger partial charge on any atom is -0.391 e. The first-order valence-electron chi connectivity index (χ1n) is 17.3. The van der Waals surface area contributed by atoms with Gasteiger partial charge < -0.3 is 119 Å². The molecule has 0 amide bonds. The van der Waals surface area contributed by atoms with E-state index in [1.54, 1.807) is 0 Å². The summed E-state index contributed by atoms with van der Waals surface area (Å²) in [6.45, 7) is 20.1. The Morgan fingerprint density at radius 2 is 0.293 bits per heavy atom. The summed E-state index contributed by atoms with van der Waals surface area (Å²) in [5.74, 6) is 0. The predicted molar refractivity (Wildman–Crippen MR) is 211 cm³/mol. The molecule has 4 unspecified atom stereocenters. The standard InChI is InChI=1S/C8H28O14Si8.C6H20O14Si8/c1-23(9)13-24(2,10)16-28(6)19-27(5,15-23)21-29(7)17-25(3,11)14-26(4,12)18-30(8,20-29)22-28;1-21-9-22(2)11-24(4)13-26(6)14-25(5,19-27(7,15-21)18-24)12-23(3,10-21)17-28(8,16-22)20-26/h9-12H,1-8H3;7-8H,1-6H3. The fourth-order valence-electron chi connectivity index (χ4n) is 7.69. The average Bonchev–Trinajstić information content (AvgIpc) is 2.74. The lowest BCUT2D eigenvalue weighted by atomic mass is 11.9. The van der Waals surface area contributed by atoms with Gasteiger partial charge in [0, 0.05) is 91.7 Å². The van der Waals surface area contributed by atoms with Gasteiger partial charge in [0.25, 0.3) is 0 Å². The van der Waals surface area contributed by atoms with Crippen LogP contribution in [-0.4, -0.2) is 170 Å². The van der Waals surface area contributed by atoms with Gasteiger partial charge in [0.05, 0.1) is 0 Å². The van der Waals surface area contributed by atoms with E-state index >= 15 is 0 Å². The maximum atomic E-state index is 11.2. The zero-order valence-corrected chi connectivity index (χ0v) is 49.7. The van der Waals surface area contributed by atoms with Crippen molar-refractivity contribution in [2.24, 2.45) is 0 Å². The van der Waals surface area contributed by atoms with E-state index in [1.165, 1.54) is 91.7 Å². The molecule has 44 heteroatoms. The average molecular weight is 1110 g/mol. The molecule has 12 bridgehead atoms. The molecule has 9 heterocycles. The van der Waals surface area contributed by atoms with Crippen LogP contribution in [0.1, 0.15) is 0 Å². The summed E-state index contributed by atoms with van der Waals surface area (Å²) >= 11 is 0. The van der Waals surface area contributed by atoms with E-state index in [0.29, 0.717) is 0 Å². The molecular formula is C14H48O28Si16.